The monoisotopic (exact) mass is 411 g/mol. The molecular weight excluding hydrogens is 389 g/mol. The fraction of sp³-hybridized carbons (Fsp3) is 0.429. The molecule has 4 atom stereocenters. The van der Waals surface area contributed by atoms with Gasteiger partial charge in [0.1, 0.15) is 12.8 Å². The maximum Gasteiger partial charge on any atom is 0.231 e. The number of alkyl halides is 1. The molecule has 8 nitrogen and oxygen atoms in total. The first-order valence-corrected chi connectivity index (χ1v) is 10.1. The lowest BCUT2D eigenvalue weighted by Gasteiger charge is -2.14. The van der Waals surface area contributed by atoms with E-state index < -0.39 is 18.2 Å². The summed E-state index contributed by atoms with van der Waals surface area (Å²) in [6, 6.07) is 5.54. The van der Waals surface area contributed by atoms with Gasteiger partial charge in [-0.3, -0.25) is 4.79 Å². The first kappa shape index (κ1) is 19.1. The second-order valence-corrected chi connectivity index (χ2v) is 7.90. The van der Waals surface area contributed by atoms with Gasteiger partial charge in [-0.1, -0.05) is 0 Å². The first-order chi connectivity index (χ1) is 14.6. The Hall–Kier alpha value is -2.91. The molecule has 0 unspecified atom stereocenters. The molecule has 2 aliphatic carbocycles. The van der Waals surface area contributed by atoms with Crippen LogP contribution in [-0.2, 0) is 16.1 Å². The molecule has 0 aliphatic heterocycles. The van der Waals surface area contributed by atoms with Crippen molar-refractivity contribution in [1.29, 1.82) is 0 Å². The number of amides is 1. The molecule has 9 heteroatoms. The van der Waals surface area contributed by atoms with Crippen molar-refractivity contribution in [1.82, 2.24) is 19.6 Å². The van der Waals surface area contributed by atoms with E-state index in [2.05, 4.69) is 20.4 Å². The largest absolute Gasteiger partial charge is 0.390 e. The van der Waals surface area contributed by atoms with Crippen LogP contribution >= 0.6 is 0 Å². The summed E-state index contributed by atoms with van der Waals surface area (Å²) in [4.78, 5) is 20.6. The minimum atomic E-state index is -1.04. The maximum absolute atomic E-state index is 13.0. The third-order valence-electron chi connectivity index (χ3n) is 5.65. The van der Waals surface area contributed by atoms with Gasteiger partial charge in [0.2, 0.25) is 5.91 Å². The average Bonchev–Trinajstić information content (AvgIpc) is 3.14. The van der Waals surface area contributed by atoms with Crippen LogP contribution in [0.5, 0.6) is 0 Å². The van der Waals surface area contributed by atoms with Crippen molar-refractivity contribution in [3.8, 4) is 11.1 Å². The van der Waals surface area contributed by atoms with Gasteiger partial charge in [0.25, 0.3) is 0 Å². The number of ether oxygens (including phenoxy) is 1. The third-order valence-corrected chi connectivity index (χ3v) is 5.65. The first-order valence-electron chi connectivity index (χ1n) is 10.1. The van der Waals surface area contributed by atoms with Crippen molar-refractivity contribution in [2.24, 2.45) is 5.92 Å². The van der Waals surface area contributed by atoms with Gasteiger partial charge < -0.3 is 15.2 Å². The van der Waals surface area contributed by atoms with Crippen LogP contribution in [0.4, 0.5) is 10.2 Å². The predicted octanol–water partition coefficient (Wildman–Crippen LogP) is 2.52. The van der Waals surface area contributed by atoms with Gasteiger partial charge in [-0.2, -0.15) is 5.10 Å². The third kappa shape index (κ3) is 3.90. The van der Waals surface area contributed by atoms with Gasteiger partial charge in [-0.15, -0.1) is 0 Å². The summed E-state index contributed by atoms with van der Waals surface area (Å²) in [6.45, 7) is 0.271. The van der Waals surface area contributed by atoms with Crippen LogP contribution < -0.4 is 5.32 Å². The average molecular weight is 411 g/mol. The molecule has 2 N–H and O–H groups in total. The van der Waals surface area contributed by atoms with E-state index in [0.717, 1.165) is 35.9 Å². The molecule has 2 saturated carbocycles. The molecule has 0 saturated heterocycles. The zero-order valence-electron chi connectivity index (χ0n) is 16.2. The molecule has 30 heavy (non-hydrogen) atoms. The number of nitrogens with one attached hydrogen (secondary N) is 1. The van der Waals surface area contributed by atoms with Crippen LogP contribution in [0.25, 0.3) is 16.6 Å². The van der Waals surface area contributed by atoms with E-state index in [1.165, 1.54) is 0 Å². The summed E-state index contributed by atoms with van der Waals surface area (Å²) in [5.74, 6) is 0.0815. The van der Waals surface area contributed by atoms with Gasteiger partial charge in [0.15, 0.2) is 11.6 Å². The molecule has 0 bridgehead atoms. The fourth-order valence-electron chi connectivity index (χ4n) is 3.75. The van der Waals surface area contributed by atoms with E-state index in [-0.39, 0.29) is 25.0 Å². The number of hydrogen-bond donors (Lipinski definition) is 2. The van der Waals surface area contributed by atoms with Crippen LogP contribution in [0.1, 0.15) is 31.5 Å². The van der Waals surface area contributed by atoms with E-state index in [0.29, 0.717) is 11.6 Å². The van der Waals surface area contributed by atoms with E-state index in [1.807, 2.05) is 12.1 Å². The van der Waals surface area contributed by atoms with Crippen LogP contribution in [0.15, 0.2) is 36.8 Å². The molecule has 156 valence electrons. The Morgan fingerprint density at radius 3 is 2.77 bits per heavy atom. The van der Waals surface area contributed by atoms with Crippen molar-refractivity contribution < 1.29 is 19.0 Å². The van der Waals surface area contributed by atoms with Crippen LogP contribution in [0.2, 0.25) is 0 Å². The smallest absolute Gasteiger partial charge is 0.231 e. The molecule has 3 aromatic heterocycles. The molecule has 3 aromatic rings. The number of carbonyl (C=O) groups is 1. The standard InChI is InChI=1S/C21H22FN5O3/c22-16-8-15(16)21(29)25-19-7-14-6-12(4-5-27(14)26-19)13-9-23-20(24-10-13)11-30-18-3-1-2-17(18)28/h4-7,9-10,15-18,28H,1-3,8,11H2,(H,25,26,29)/t15-,16-,17+,18+/m1/s1. The summed E-state index contributed by atoms with van der Waals surface area (Å²) in [6.07, 6.45) is 6.58. The Morgan fingerprint density at radius 2 is 2.07 bits per heavy atom. The number of pyridine rings is 1. The van der Waals surface area contributed by atoms with Gasteiger partial charge in [-0.25, -0.2) is 18.9 Å². The molecule has 0 spiro atoms. The Balaban J connectivity index is 1.26. The maximum atomic E-state index is 13.0. The quantitative estimate of drug-likeness (QED) is 0.646. The molecule has 2 aliphatic rings. The van der Waals surface area contributed by atoms with Crippen molar-refractivity contribution in [3.63, 3.8) is 0 Å². The van der Waals surface area contributed by atoms with Gasteiger partial charge in [0, 0.05) is 30.2 Å². The topological polar surface area (TPSA) is 102 Å². The predicted molar refractivity (Wildman–Crippen MR) is 106 cm³/mol. The zero-order chi connectivity index (χ0) is 20.7. The van der Waals surface area contributed by atoms with Crippen LogP contribution in [0.3, 0.4) is 0 Å². The highest BCUT2D eigenvalue weighted by atomic mass is 19.1. The minimum Gasteiger partial charge on any atom is -0.390 e. The summed E-state index contributed by atoms with van der Waals surface area (Å²) in [5.41, 5.74) is 2.54. The SMILES string of the molecule is O=C(Nc1cc2cc(-c3cnc(CO[C@H]4CCC[C@@H]4O)nc3)ccn2n1)[C@@H]1C[C@H]1F. The highest BCUT2D eigenvalue weighted by molar-refractivity contribution is 5.94. The number of carbonyl (C=O) groups excluding carboxylic acids is 1. The van der Waals surface area contributed by atoms with E-state index in [4.69, 9.17) is 4.74 Å². The van der Waals surface area contributed by atoms with Gasteiger partial charge in [0.05, 0.1) is 23.6 Å². The van der Waals surface area contributed by atoms with E-state index in [1.54, 1.807) is 29.2 Å². The van der Waals surface area contributed by atoms with Crippen molar-refractivity contribution in [3.05, 3.63) is 42.6 Å². The Morgan fingerprint density at radius 1 is 1.27 bits per heavy atom. The van der Waals surface area contributed by atoms with Crippen molar-refractivity contribution in [2.45, 2.75) is 50.7 Å². The van der Waals surface area contributed by atoms with Gasteiger partial charge in [-0.05, 0) is 43.4 Å². The van der Waals surface area contributed by atoms with Crippen molar-refractivity contribution in [2.75, 3.05) is 5.32 Å². The van der Waals surface area contributed by atoms with Crippen LogP contribution in [-0.4, -0.2) is 49.0 Å². The number of anilines is 1. The normalized spacial score (nSPS) is 25.5. The second-order valence-electron chi connectivity index (χ2n) is 7.90. The number of fused-ring (bicyclic) bond motifs is 1. The van der Waals surface area contributed by atoms with Crippen LogP contribution in [0, 0.1) is 5.92 Å². The molecule has 3 heterocycles. The highest BCUT2D eigenvalue weighted by Crippen LogP contribution is 2.34. The summed E-state index contributed by atoms with van der Waals surface area (Å²) in [5, 5.41) is 16.8. The molecule has 2 fully saturated rings. The second kappa shape index (κ2) is 7.73. The number of hydrogen-bond acceptors (Lipinski definition) is 6. The Kier molecular flexibility index (Phi) is 4.92. The molecule has 0 radical (unpaired) electrons. The summed E-state index contributed by atoms with van der Waals surface area (Å²) < 4.78 is 20.4. The van der Waals surface area contributed by atoms with Gasteiger partial charge >= 0.3 is 0 Å². The number of halogens is 1. The Bertz CT molecular complexity index is 1070. The molecule has 1 amide bonds. The summed E-state index contributed by atoms with van der Waals surface area (Å²) >= 11 is 0. The number of aliphatic hydroxyl groups excluding tert-OH is 1. The number of rotatable bonds is 6. The van der Waals surface area contributed by atoms with E-state index >= 15 is 0 Å². The Labute approximate surface area is 172 Å². The lowest BCUT2D eigenvalue weighted by atomic mass is 10.1. The molecular formula is C21H22FN5O3. The number of nitrogens with zero attached hydrogens (tertiary/aromatic N) is 4. The molecule has 5 rings (SSSR count). The summed E-state index contributed by atoms with van der Waals surface area (Å²) in [7, 11) is 0. The highest BCUT2D eigenvalue weighted by Gasteiger charge is 2.43. The van der Waals surface area contributed by atoms with E-state index in [9.17, 15) is 14.3 Å². The lowest BCUT2D eigenvalue weighted by Crippen LogP contribution is -2.22. The minimum absolute atomic E-state index is 0.136. The lowest BCUT2D eigenvalue weighted by molar-refractivity contribution is -0.117. The zero-order valence-corrected chi connectivity index (χ0v) is 16.2. The number of aromatic nitrogens is 4. The molecule has 0 aromatic carbocycles. The fourth-order valence-corrected chi connectivity index (χ4v) is 3.75. The number of aliphatic hydroxyl groups is 1. The van der Waals surface area contributed by atoms with Crippen molar-refractivity contribution >= 4 is 17.2 Å².